The third-order valence-electron chi connectivity index (χ3n) is 3.91. The normalized spacial score (nSPS) is 10.5. The fraction of sp³-hybridized carbons (Fsp3) is 0.143. The predicted octanol–water partition coefficient (Wildman–Crippen LogP) is 5.07. The SMILES string of the molecule is CCC(=O)c1ccc(OCC(=O)Oc2ccc(Cl)c3ccccc23)cc1. The maximum Gasteiger partial charge on any atom is 0.349 e. The van der Waals surface area contributed by atoms with Gasteiger partial charge in [-0.25, -0.2) is 4.79 Å². The average Bonchev–Trinajstić information content (AvgIpc) is 2.68. The van der Waals surface area contributed by atoms with E-state index in [2.05, 4.69) is 0 Å². The van der Waals surface area contributed by atoms with Crippen molar-refractivity contribution in [3.8, 4) is 11.5 Å². The first-order chi connectivity index (χ1) is 12.6. The smallest absolute Gasteiger partial charge is 0.349 e. The second-order valence-corrected chi connectivity index (χ2v) is 6.06. The van der Waals surface area contributed by atoms with Crippen molar-refractivity contribution in [1.29, 1.82) is 0 Å². The molecule has 0 amide bonds. The number of ketones is 1. The Hall–Kier alpha value is -2.85. The maximum absolute atomic E-state index is 12.1. The third-order valence-corrected chi connectivity index (χ3v) is 4.24. The molecule has 0 saturated carbocycles. The van der Waals surface area contributed by atoms with Gasteiger partial charge >= 0.3 is 5.97 Å². The highest BCUT2D eigenvalue weighted by atomic mass is 35.5. The summed E-state index contributed by atoms with van der Waals surface area (Å²) in [4.78, 5) is 23.7. The van der Waals surface area contributed by atoms with E-state index in [1.165, 1.54) is 0 Å². The quantitative estimate of drug-likeness (QED) is 0.346. The minimum absolute atomic E-state index is 0.0607. The van der Waals surface area contributed by atoms with E-state index in [4.69, 9.17) is 21.1 Å². The molecular formula is C21H17ClO4. The van der Waals surface area contributed by atoms with E-state index in [9.17, 15) is 9.59 Å². The Morgan fingerprint density at radius 3 is 2.31 bits per heavy atom. The fourth-order valence-corrected chi connectivity index (χ4v) is 2.79. The lowest BCUT2D eigenvalue weighted by atomic mass is 10.1. The number of fused-ring (bicyclic) bond motifs is 1. The van der Waals surface area contributed by atoms with Crippen LogP contribution in [0.5, 0.6) is 11.5 Å². The molecule has 0 radical (unpaired) electrons. The van der Waals surface area contributed by atoms with Crippen molar-refractivity contribution < 1.29 is 19.1 Å². The van der Waals surface area contributed by atoms with Crippen LogP contribution >= 0.6 is 11.6 Å². The molecule has 0 heterocycles. The van der Waals surface area contributed by atoms with Crippen molar-refractivity contribution in [2.24, 2.45) is 0 Å². The lowest BCUT2D eigenvalue weighted by molar-refractivity contribution is -0.136. The highest BCUT2D eigenvalue weighted by Gasteiger charge is 2.11. The zero-order valence-electron chi connectivity index (χ0n) is 14.2. The minimum atomic E-state index is -0.522. The van der Waals surface area contributed by atoms with E-state index in [-0.39, 0.29) is 12.4 Å². The van der Waals surface area contributed by atoms with Crippen LogP contribution < -0.4 is 9.47 Å². The van der Waals surface area contributed by atoms with Crippen LogP contribution in [0, 0.1) is 0 Å². The standard InChI is InChI=1S/C21H17ClO4/c1-2-19(23)14-7-9-15(10-8-14)25-13-21(24)26-20-12-11-18(22)16-5-3-4-6-17(16)20/h3-12H,2,13H2,1H3. The molecule has 132 valence electrons. The summed E-state index contributed by atoms with van der Waals surface area (Å²) in [6, 6.07) is 17.5. The Kier molecular flexibility index (Phi) is 5.54. The Morgan fingerprint density at radius 1 is 0.923 bits per heavy atom. The van der Waals surface area contributed by atoms with E-state index in [1.807, 2.05) is 31.2 Å². The Bertz CT molecular complexity index is 948. The molecule has 0 N–H and O–H groups in total. The van der Waals surface area contributed by atoms with Gasteiger partial charge in [0.05, 0.1) is 0 Å². The molecule has 0 aliphatic heterocycles. The molecule has 26 heavy (non-hydrogen) atoms. The zero-order chi connectivity index (χ0) is 18.5. The number of Topliss-reactive ketones (excluding diaryl/α,β-unsaturated/α-hetero) is 1. The molecule has 0 aliphatic carbocycles. The van der Waals surface area contributed by atoms with Gasteiger partial charge in [0.15, 0.2) is 12.4 Å². The van der Waals surface area contributed by atoms with Gasteiger partial charge in [0.1, 0.15) is 11.5 Å². The molecule has 0 unspecified atom stereocenters. The second-order valence-electron chi connectivity index (χ2n) is 5.65. The number of esters is 1. The molecule has 3 aromatic rings. The van der Waals surface area contributed by atoms with Crippen LogP contribution in [0.1, 0.15) is 23.7 Å². The number of rotatable bonds is 6. The molecule has 0 bridgehead atoms. The molecule has 0 atom stereocenters. The number of ether oxygens (including phenoxy) is 2. The van der Waals surface area contributed by atoms with Crippen molar-refractivity contribution in [3.05, 3.63) is 71.2 Å². The van der Waals surface area contributed by atoms with Crippen molar-refractivity contribution in [2.75, 3.05) is 6.61 Å². The highest BCUT2D eigenvalue weighted by Crippen LogP contribution is 2.31. The monoisotopic (exact) mass is 368 g/mol. The van der Waals surface area contributed by atoms with E-state index in [1.54, 1.807) is 36.4 Å². The molecule has 0 spiro atoms. The third kappa shape index (κ3) is 4.03. The van der Waals surface area contributed by atoms with E-state index in [0.717, 1.165) is 10.8 Å². The first-order valence-corrected chi connectivity index (χ1v) is 8.60. The van der Waals surface area contributed by atoms with Crippen molar-refractivity contribution in [3.63, 3.8) is 0 Å². The summed E-state index contributed by atoms with van der Waals surface area (Å²) in [6.07, 6.45) is 0.446. The fourth-order valence-electron chi connectivity index (χ4n) is 2.56. The molecule has 0 fully saturated rings. The number of halogens is 1. The topological polar surface area (TPSA) is 52.6 Å². The molecule has 0 saturated heterocycles. The van der Waals surface area contributed by atoms with Crippen LogP contribution in [0.15, 0.2) is 60.7 Å². The first kappa shape index (κ1) is 18.0. The van der Waals surface area contributed by atoms with E-state index >= 15 is 0 Å². The molecular weight excluding hydrogens is 352 g/mol. The molecule has 5 heteroatoms. The number of carbonyl (C=O) groups excluding carboxylic acids is 2. The van der Waals surface area contributed by atoms with Crippen LogP contribution in [0.4, 0.5) is 0 Å². The zero-order valence-corrected chi connectivity index (χ0v) is 15.0. The average molecular weight is 369 g/mol. The minimum Gasteiger partial charge on any atom is -0.482 e. The summed E-state index contributed by atoms with van der Waals surface area (Å²) in [7, 11) is 0. The van der Waals surface area contributed by atoms with Crippen LogP contribution in [0.3, 0.4) is 0 Å². The lowest BCUT2D eigenvalue weighted by Crippen LogP contribution is -2.17. The largest absolute Gasteiger partial charge is 0.482 e. The van der Waals surface area contributed by atoms with Gasteiger partial charge in [-0.05, 0) is 36.4 Å². The lowest BCUT2D eigenvalue weighted by Gasteiger charge is -2.10. The van der Waals surface area contributed by atoms with Gasteiger partial charge in [0, 0.05) is 27.8 Å². The van der Waals surface area contributed by atoms with Gasteiger partial charge < -0.3 is 9.47 Å². The van der Waals surface area contributed by atoms with Crippen molar-refractivity contribution >= 4 is 34.1 Å². The summed E-state index contributed by atoms with van der Waals surface area (Å²) in [5.74, 6) is 0.467. The van der Waals surface area contributed by atoms with Gasteiger partial charge in [0.25, 0.3) is 0 Å². The van der Waals surface area contributed by atoms with Gasteiger partial charge in [-0.3, -0.25) is 4.79 Å². The maximum atomic E-state index is 12.1. The summed E-state index contributed by atoms with van der Waals surface area (Å²) >= 11 is 6.16. The van der Waals surface area contributed by atoms with Crippen LogP contribution in [0.25, 0.3) is 10.8 Å². The van der Waals surface area contributed by atoms with Gasteiger partial charge in [-0.2, -0.15) is 0 Å². The van der Waals surface area contributed by atoms with Crippen LogP contribution in [-0.2, 0) is 4.79 Å². The van der Waals surface area contributed by atoms with Gasteiger partial charge in [-0.1, -0.05) is 42.8 Å². The van der Waals surface area contributed by atoms with Crippen molar-refractivity contribution in [2.45, 2.75) is 13.3 Å². The molecule has 4 nitrogen and oxygen atoms in total. The Morgan fingerprint density at radius 2 is 1.62 bits per heavy atom. The summed E-state index contributed by atoms with van der Waals surface area (Å²) in [5.41, 5.74) is 0.620. The van der Waals surface area contributed by atoms with E-state index < -0.39 is 5.97 Å². The Balaban J connectivity index is 1.65. The van der Waals surface area contributed by atoms with Crippen LogP contribution in [-0.4, -0.2) is 18.4 Å². The predicted molar refractivity (Wildman–Crippen MR) is 101 cm³/mol. The van der Waals surface area contributed by atoms with E-state index in [0.29, 0.717) is 28.5 Å². The summed E-state index contributed by atoms with van der Waals surface area (Å²) < 4.78 is 10.8. The molecule has 0 aliphatic rings. The number of hydrogen-bond donors (Lipinski definition) is 0. The van der Waals surface area contributed by atoms with Gasteiger partial charge in [-0.15, -0.1) is 0 Å². The first-order valence-electron chi connectivity index (χ1n) is 8.22. The van der Waals surface area contributed by atoms with Gasteiger partial charge in [0.2, 0.25) is 0 Å². The van der Waals surface area contributed by atoms with Crippen molar-refractivity contribution in [1.82, 2.24) is 0 Å². The number of carbonyl (C=O) groups is 2. The molecule has 0 aromatic heterocycles. The Labute approximate surface area is 156 Å². The molecule has 3 aromatic carbocycles. The van der Waals surface area contributed by atoms with Crippen LogP contribution in [0.2, 0.25) is 5.02 Å². The number of hydrogen-bond acceptors (Lipinski definition) is 4. The summed E-state index contributed by atoms with van der Waals surface area (Å²) in [5, 5.41) is 2.17. The summed E-state index contributed by atoms with van der Waals surface area (Å²) in [6.45, 7) is 1.57. The highest BCUT2D eigenvalue weighted by molar-refractivity contribution is 6.35. The second kappa shape index (κ2) is 8.02. The molecule has 3 rings (SSSR count). The number of benzene rings is 3.